The molecule has 2 aliphatic heterocycles. The number of fused-ring (bicyclic) bond motifs is 1. The van der Waals surface area contributed by atoms with Crippen LogP contribution in [0, 0.1) is 5.41 Å². The van der Waals surface area contributed by atoms with E-state index >= 15 is 0 Å². The molecule has 3 rings (SSSR count). The third kappa shape index (κ3) is 2.09. The van der Waals surface area contributed by atoms with E-state index in [0.29, 0.717) is 6.61 Å². The molecule has 3 nitrogen and oxygen atoms in total. The van der Waals surface area contributed by atoms with Gasteiger partial charge in [-0.15, -0.1) is 0 Å². The molecule has 0 unspecified atom stereocenters. The first kappa shape index (κ1) is 12.8. The quantitative estimate of drug-likeness (QED) is 0.459. The Labute approximate surface area is 116 Å². The fraction of sp³-hybridized carbons (Fsp3) is 0.571. The van der Waals surface area contributed by atoms with Gasteiger partial charge >= 0.3 is 116 Å². The van der Waals surface area contributed by atoms with E-state index in [2.05, 4.69) is 23.4 Å². The normalized spacial score (nSPS) is 32.3. The Bertz CT molecular complexity index is 463. The van der Waals surface area contributed by atoms with Crippen LogP contribution in [0.2, 0.25) is 0 Å². The topological polar surface area (TPSA) is 41.5 Å². The van der Waals surface area contributed by atoms with Crippen LogP contribution in [0.4, 0.5) is 0 Å². The van der Waals surface area contributed by atoms with Crippen molar-refractivity contribution in [3.63, 3.8) is 0 Å². The first-order valence-corrected chi connectivity index (χ1v) is 10.0. The molecule has 1 saturated heterocycles. The fourth-order valence-electron chi connectivity index (χ4n) is 2.50. The summed E-state index contributed by atoms with van der Waals surface area (Å²) in [7, 11) is 0. The Morgan fingerprint density at radius 2 is 2.11 bits per heavy atom. The third-order valence-corrected chi connectivity index (χ3v) is 10.3. The van der Waals surface area contributed by atoms with Crippen LogP contribution in [0.1, 0.15) is 25.0 Å². The van der Waals surface area contributed by atoms with Gasteiger partial charge < -0.3 is 0 Å². The first-order valence-electron chi connectivity index (χ1n) is 6.35. The molecule has 18 heavy (non-hydrogen) atoms. The molecule has 1 aromatic carbocycles. The molecule has 2 aliphatic rings. The van der Waals surface area contributed by atoms with Crippen LogP contribution < -0.4 is 3.53 Å². The summed E-state index contributed by atoms with van der Waals surface area (Å²) in [5.74, 6) is 0. The molecule has 1 fully saturated rings. The molecule has 0 spiro atoms. The minimum atomic E-state index is -1.75. The maximum absolute atomic E-state index is 11.0. The SMILES string of the molecule is CC1(C)CNI([C@]2(O)OCCc3ccccc32)C1. The zero-order valence-electron chi connectivity index (χ0n) is 10.9. The summed E-state index contributed by atoms with van der Waals surface area (Å²) in [5.41, 5.74) is 2.54. The van der Waals surface area contributed by atoms with Crippen molar-refractivity contribution in [2.24, 2.45) is 5.41 Å². The van der Waals surface area contributed by atoms with Gasteiger partial charge in [0.15, 0.2) is 0 Å². The van der Waals surface area contributed by atoms with Gasteiger partial charge in [-0.25, -0.2) is 0 Å². The van der Waals surface area contributed by atoms with Gasteiger partial charge in [0.05, 0.1) is 0 Å². The molecule has 0 saturated carbocycles. The van der Waals surface area contributed by atoms with Gasteiger partial charge in [-0.1, -0.05) is 0 Å². The predicted octanol–water partition coefficient (Wildman–Crippen LogP) is 2.41. The van der Waals surface area contributed by atoms with E-state index in [-0.39, 0.29) is 5.41 Å². The van der Waals surface area contributed by atoms with Gasteiger partial charge in [-0.2, -0.15) is 0 Å². The van der Waals surface area contributed by atoms with Crippen molar-refractivity contribution in [1.29, 1.82) is 0 Å². The Hall–Kier alpha value is -0.170. The summed E-state index contributed by atoms with van der Waals surface area (Å²) >= 11 is -1.75. The third-order valence-electron chi connectivity index (χ3n) is 3.53. The number of alkyl halides is 2. The predicted molar refractivity (Wildman–Crippen MR) is 80.7 cm³/mol. The Kier molecular flexibility index (Phi) is 3.17. The molecule has 2 N–H and O–H groups in total. The zero-order chi connectivity index (χ0) is 12.8. The average Bonchev–Trinajstić information content (AvgIpc) is 2.71. The van der Waals surface area contributed by atoms with Gasteiger partial charge in [-0.3, -0.25) is 0 Å². The van der Waals surface area contributed by atoms with Crippen molar-refractivity contribution in [1.82, 2.24) is 3.53 Å². The molecule has 1 aromatic rings. The number of ether oxygens (including phenoxy) is 1. The molecule has 0 aliphatic carbocycles. The van der Waals surface area contributed by atoms with E-state index in [1.807, 2.05) is 18.2 Å². The minimum absolute atomic E-state index is 0.288. The van der Waals surface area contributed by atoms with Crippen LogP contribution in [0.25, 0.3) is 0 Å². The second-order valence-electron chi connectivity index (χ2n) is 5.79. The van der Waals surface area contributed by atoms with Crippen LogP contribution in [-0.2, 0) is 15.0 Å². The first-order chi connectivity index (χ1) is 8.51. The van der Waals surface area contributed by atoms with E-state index in [0.717, 1.165) is 23.0 Å². The summed E-state index contributed by atoms with van der Waals surface area (Å²) in [4.78, 5) is 0. The van der Waals surface area contributed by atoms with Gasteiger partial charge in [0.1, 0.15) is 0 Å². The van der Waals surface area contributed by atoms with Gasteiger partial charge in [-0.05, 0) is 0 Å². The number of hydrogen-bond acceptors (Lipinski definition) is 3. The molecular formula is C14H20INO2. The van der Waals surface area contributed by atoms with E-state index in [4.69, 9.17) is 4.74 Å². The fourth-order valence-corrected chi connectivity index (χ4v) is 9.46. The number of halogens is 1. The van der Waals surface area contributed by atoms with E-state index in [1.54, 1.807) is 0 Å². The van der Waals surface area contributed by atoms with Crippen molar-refractivity contribution < 1.29 is 9.84 Å². The van der Waals surface area contributed by atoms with Crippen LogP contribution in [0.3, 0.4) is 0 Å². The van der Waals surface area contributed by atoms with Crippen molar-refractivity contribution in [2.75, 3.05) is 17.6 Å². The standard InChI is InChI=1S/C14H20INO2/c1-13(2)9-15(16-10-13)14(17)12-6-4-3-5-11(12)7-8-18-14/h3-6,16-17H,7-10H2,1-2H3/t14-/m1/s1. The van der Waals surface area contributed by atoms with E-state index in [1.165, 1.54) is 5.56 Å². The average molecular weight is 361 g/mol. The van der Waals surface area contributed by atoms with Crippen LogP contribution in [0.5, 0.6) is 0 Å². The molecule has 0 amide bonds. The molecular weight excluding hydrogens is 341 g/mol. The van der Waals surface area contributed by atoms with Crippen molar-refractivity contribution in [2.45, 2.75) is 24.1 Å². The van der Waals surface area contributed by atoms with Crippen LogP contribution in [-0.4, -0.2) is 22.7 Å². The Morgan fingerprint density at radius 3 is 2.83 bits per heavy atom. The van der Waals surface area contributed by atoms with Crippen molar-refractivity contribution >= 4 is 20.1 Å². The van der Waals surface area contributed by atoms with E-state index in [9.17, 15) is 5.11 Å². The molecule has 100 valence electrons. The number of benzene rings is 1. The summed E-state index contributed by atoms with van der Waals surface area (Å²) in [6, 6.07) is 8.18. The van der Waals surface area contributed by atoms with Crippen molar-refractivity contribution in [3.05, 3.63) is 35.4 Å². The van der Waals surface area contributed by atoms with Crippen LogP contribution in [0.15, 0.2) is 24.3 Å². The molecule has 0 bridgehead atoms. The number of rotatable bonds is 1. The van der Waals surface area contributed by atoms with Crippen molar-refractivity contribution in [3.8, 4) is 0 Å². The summed E-state index contributed by atoms with van der Waals surface area (Å²) < 4.78 is 9.49. The monoisotopic (exact) mass is 361 g/mol. The Balaban J connectivity index is 1.96. The second kappa shape index (κ2) is 4.44. The summed E-state index contributed by atoms with van der Waals surface area (Å²) in [6.07, 6.45) is 0.909. The zero-order valence-corrected chi connectivity index (χ0v) is 13.0. The Morgan fingerprint density at radius 1 is 1.33 bits per heavy atom. The number of aliphatic hydroxyl groups is 1. The second-order valence-corrected chi connectivity index (χ2v) is 10.8. The van der Waals surface area contributed by atoms with Gasteiger partial charge in [0.25, 0.3) is 0 Å². The van der Waals surface area contributed by atoms with Gasteiger partial charge in [0.2, 0.25) is 0 Å². The van der Waals surface area contributed by atoms with Crippen LogP contribution >= 0.6 is 20.1 Å². The maximum atomic E-state index is 11.0. The number of hydrogen-bond donors (Lipinski definition) is 2. The number of nitrogens with one attached hydrogen (secondary N) is 1. The molecule has 4 heteroatoms. The molecule has 0 radical (unpaired) electrons. The summed E-state index contributed by atoms with van der Waals surface area (Å²) in [5, 5.41) is 11.0. The molecule has 1 atom stereocenters. The van der Waals surface area contributed by atoms with Gasteiger partial charge in [0, 0.05) is 0 Å². The molecule has 2 heterocycles. The molecule has 0 aromatic heterocycles. The van der Waals surface area contributed by atoms with E-state index < -0.39 is 23.9 Å². The summed E-state index contributed by atoms with van der Waals surface area (Å²) in [6.45, 7) is 6.14.